The average molecular weight is 355 g/mol. The standard InChI is InChI=1S/C18H17N3O3S/c1-11-7-8-19-15(9-11)21-17(22)13-10-25-18(20-13)12-5-4-6-14(23-2)16(12)24-3/h4-10H,1-3H3,(H,19,21,22). The number of anilines is 1. The number of hydrogen-bond acceptors (Lipinski definition) is 6. The van der Waals surface area contributed by atoms with Gasteiger partial charge in [0, 0.05) is 11.6 Å². The fourth-order valence-electron chi connectivity index (χ4n) is 2.34. The molecule has 0 unspecified atom stereocenters. The van der Waals surface area contributed by atoms with E-state index in [0.717, 1.165) is 11.1 Å². The zero-order chi connectivity index (χ0) is 17.8. The molecule has 1 N–H and O–H groups in total. The summed E-state index contributed by atoms with van der Waals surface area (Å²) in [7, 11) is 3.16. The predicted molar refractivity (Wildman–Crippen MR) is 97.6 cm³/mol. The maximum absolute atomic E-state index is 12.4. The third-order valence-corrected chi connectivity index (χ3v) is 4.40. The van der Waals surface area contributed by atoms with Gasteiger partial charge in [0.25, 0.3) is 5.91 Å². The molecule has 3 aromatic rings. The number of amides is 1. The smallest absolute Gasteiger partial charge is 0.276 e. The molecule has 3 rings (SSSR count). The molecule has 1 aromatic carbocycles. The second-order valence-electron chi connectivity index (χ2n) is 5.25. The lowest BCUT2D eigenvalue weighted by Crippen LogP contribution is -2.13. The Morgan fingerprint density at radius 2 is 2.04 bits per heavy atom. The Kier molecular flexibility index (Phi) is 4.95. The van der Waals surface area contributed by atoms with Gasteiger partial charge in [0.05, 0.1) is 19.8 Å². The molecule has 0 atom stereocenters. The number of para-hydroxylation sites is 1. The van der Waals surface area contributed by atoms with E-state index in [2.05, 4.69) is 15.3 Å². The van der Waals surface area contributed by atoms with Crippen LogP contribution in [-0.4, -0.2) is 30.1 Å². The van der Waals surface area contributed by atoms with Gasteiger partial charge in [0.15, 0.2) is 11.5 Å². The van der Waals surface area contributed by atoms with Gasteiger partial charge in [-0.2, -0.15) is 0 Å². The van der Waals surface area contributed by atoms with Crippen molar-refractivity contribution in [2.24, 2.45) is 0 Å². The average Bonchev–Trinajstić information content (AvgIpc) is 3.11. The van der Waals surface area contributed by atoms with Crippen molar-refractivity contribution in [3.05, 3.63) is 53.2 Å². The molecule has 7 heteroatoms. The molecule has 0 aliphatic heterocycles. The van der Waals surface area contributed by atoms with Crippen LogP contribution in [0.25, 0.3) is 10.6 Å². The molecular formula is C18H17N3O3S. The maximum Gasteiger partial charge on any atom is 0.276 e. The lowest BCUT2D eigenvalue weighted by Gasteiger charge is -2.10. The van der Waals surface area contributed by atoms with Crippen molar-refractivity contribution in [2.75, 3.05) is 19.5 Å². The highest BCUT2D eigenvalue weighted by molar-refractivity contribution is 7.13. The number of carbonyl (C=O) groups is 1. The van der Waals surface area contributed by atoms with E-state index in [1.165, 1.54) is 11.3 Å². The SMILES string of the molecule is COc1cccc(-c2nc(C(=O)Nc3cc(C)ccn3)cs2)c1OC. The van der Waals surface area contributed by atoms with Gasteiger partial charge < -0.3 is 14.8 Å². The number of nitrogens with one attached hydrogen (secondary N) is 1. The first kappa shape index (κ1) is 16.9. The Morgan fingerprint density at radius 1 is 1.20 bits per heavy atom. The Morgan fingerprint density at radius 3 is 2.76 bits per heavy atom. The number of carbonyl (C=O) groups excluding carboxylic acids is 1. The molecule has 0 saturated heterocycles. The lowest BCUT2D eigenvalue weighted by atomic mass is 10.2. The van der Waals surface area contributed by atoms with Gasteiger partial charge in [-0.15, -0.1) is 11.3 Å². The number of aromatic nitrogens is 2. The Bertz CT molecular complexity index is 908. The van der Waals surface area contributed by atoms with Crippen molar-refractivity contribution in [2.45, 2.75) is 6.92 Å². The summed E-state index contributed by atoms with van der Waals surface area (Å²) in [5, 5.41) is 5.14. The highest BCUT2D eigenvalue weighted by atomic mass is 32.1. The number of pyridine rings is 1. The summed E-state index contributed by atoms with van der Waals surface area (Å²) in [5.41, 5.74) is 2.12. The van der Waals surface area contributed by atoms with Crippen molar-refractivity contribution in [3.8, 4) is 22.1 Å². The van der Waals surface area contributed by atoms with E-state index in [1.54, 1.807) is 31.9 Å². The maximum atomic E-state index is 12.4. The second kappa shape index (κ2) is 7.31. The normalized spacial score (nSPS) is 10.4. The number of methoxy groups -OCH3 is 2. The van der Waals surface area contributed by atoms with E-state index >= 15 is 0 Å². The molecular weight excluding hydrogens is 338 g/mol. The Balaban J connectivity index is 1.86. The van der Waals surface area contributed by atoms with Gasteiger partial charge >= 0.3 is 0 Å². The first-order valence-corrected chi connectivity index (χ1v) is 8.41. The Hall–Kier alpha value is -2.93. The van der Waals surface area contributed by atoms with Gasteiger partial charge in [-0.3, -0.25) is 4.79 Å². The first-order chi connectivity index (χ1) is 12.1. The van der Waals surface area contributed by atoms with E-state index in [0.29, 0.717) is 28.0 Å². The van der Waals surface area contributed by atoms with Gasteiger partial charge in [0.2, 0.25) is 0 Å². The summed E-state index contributed by atoms with van der Waals surface area (Å²) in [6.45, 7) is 1.94. The molecule has 0 bridgehead atoms. The minimum absolute atomic E-state index is 0.303. The van der Waals surface area contributed by atoms with Crippen molar-refractivity contribution >= 4 is 23.1 Å². The van der Waals surface area contributed by atoms with E-state index in [9.17, 15) is 4.79 Å². The third kappa shape index (κ3) is 3.61. The van der Waals surface area contributed by atoms with Crippen LogP contribution in [0, 0.1) is 6.92 Å². The summed E-state index contributed by atoms with van der Waals surface area (Å²) in [5.74, 6) is 1.40. The number of thiazole rings is 1. The molecule has 2 heterocycles. The van der Waals surface area contributed by atoms with Crippen LogP contribution in [0.2, 0.25) is 0 Å². The lowest BCUT2D eigenvalue weighted by molar-refractivity contribution is 0.102. The van der Waals surface area contributed by atoms with E-state index in [4.69, 9.17) is 9.47 Å². The largest absolute Gasteiger partial charge is 0.493 e. The molecule has 0 saturated carbocycles. The number of benzene rings is 1. The van der Waals surface area contributed by atoms with E-state index in [-0.39, 0.29) is 5.91 Å². The summed E-state index contributed by atoms with van der Waals surface area (Å²) in [4.78, 5) is 20.9. The molecule has 25 heavy (non-hydrogen) atoms. The number of hydrogen-bond donors (Lipinski definition) is 1. The van der Waals surface area contributed by atoms with Gasteiger partial charge in [0.1, 0.15) is 16.5 Å². The van der Waals surface area contributed by atoms with Crippen molar-refractivity contribution in [1.82, 2.24) is 9.97 Å². The van der Waals surface area contributed by atoms with Crippen LogP contribution in [-0.2, 0) is 0 Å². The minimum Gasteiger partial charge on any atom is -0.493 e. The van der Waals surface area contributed by atoms with Crippen LogP contribution in [0.4, 0.5) is 5.82 Å². The predicted octanol–water partition coefficient (Wildman–Crippen LogP) is 3.78. The monoisotopic (exact) mass is 355 g/mol. The molecule has 128 valence electrons. The summed E-state index contributed by atoms with van der Waals surface area (Å²) < 4.78 is 10.7. The fraction of sp³-hybridized carbons (Fsp3) is 0.167. The third-order valence-electron chi connectivity index (χ3n) is 3.53. The van der Waals surface area contributed by atoms with Crippen molar-refractivity contribution < 1.29 is 14.3 Å². The van der Waals surface area contributed by atoms with Gasteiger partial charge in [-0.25, -0.2) is 9.97 Å². The zero-order valence-corrected chi connectivity index (χ0v) is 14.9. The quantitative estimate of drug-likeness (QED) is 0.754. The molecule has 1 amide bonds. The number of aryl methyl sites for hydroxylation is 1. The van der Waals surface area contributed by atoms with Crippen LogP contribution >= 0.6 is 11.3 Å². The molecule has 6 nitrogen and oxygen atoms in total. The first-order valence-electron chi connectivity index (χ1n) is 7.53. The topological polar surface area (TPSA) is 73.3 Å². The minimum atomic E-state index is -0.303. The van der Waals surface area contributed by atoms with E-state index in [1.807, 2.05) is 31.2 Å². The molecule has 0 aliphatic rings. The molecule has 2 aromatic heterocycles. The fourth-order valence-corrected chi connectivity index (χ4v) is 3.16. The molecule has 0 radical (unpaired) electrons. The number of nitrogens with zero attached hydrogens (tertiary/aromatic N) is 2. The van der Waals surface area contributed by atoms with Crippen LogP contribution in [0.1, 0.15) is 16.1 Å². The molecule has 0 spiro atoms. The molecule has 0 aliphatic carbocycles. The number of ether oxygens (including phenoxy) is 2. The van der Waals surface area contributed by atoms with Crippen LogP contribution in [0.5, 0.6) is 11.5 Å². The summed E-state index contributed by atoms with van der Waals surface area (Å²) in [6.07, 6.45) is 1.65. The summed E-state index contributed by atoms with van der Waals surface area (Å²) in [6, 6.07) is 9.22. The Labute approximate surface area is 149 Å². The second-order valence-corrected chi connectivity index (χ2v) is 6.11. The zero-order valence-electron chi connectivity index (χ0n) is 14.1. The van der Waals surface area contributed by atoms with Crippen molar-refractivity contribution in [1.29, 1.82) is 0 Å². The molecule has 0 fully saturated rings. The van der Waals surface area contributed by atoms with Crippen LogP contribution in [0.3, 0.4) is 0 Å². The highest BCUT2D eigenvalue weighted by Crippen LogP contribution is 2.38. The van der Waals surface area contributed by atoms with Gasteiger partial charge in [-0.1, -0.05) is 6.07 Å². The summed E-state index contributed by atoms with van der Waals surface area (Å²) >= 11 is 1.37. The van der Waals surface area contributed by atoms with Crippen LogP contribution < -0.4 is 14.8 Å². The highest BCUT2D eigenvalue weighted by Gasteiger charge is 2.17. The van der Waals surface area contributed by atoms with Crippen LogP contribution in [0.15, 0.2) is 41.9 Å². The van der Waals surface area contributed by atoms with Crippen molar-refractivity contribution in [3.63, 3.8) is 0 Å². The van der Waals surface area contributed by atoms with E-state index < -0.39 is 0 Å². The number of rotatable bonds is 5. The van der Waals surface area contributed by atoms with Gasteiger partial charge in [-0.05, 0) is 36.8 Å².